The number of amides is 2. The van der Waals surface area contributed by atoms with E-state index in [4.69, 9.17) is 0 Å². The molecule has 7 heteroatoms. The molecule has 5 nitrogen and oxygen atoms in total. The Kier molecular flexibility index (Phi) is 5.70. The van der Waals surface area contributed by atoms with Crippen molar-refractivity contribution in [3.05, 3.63) is 80.2 Å². The second-order valence-corrected chi connectivity index (χ2v) is 9.71. The van der Waals surface area contributed by atoms with Gasteiger partial charge in [-0.1, -0.05) is 36.4 Å². The highest BCUT2D eigenvalue weighted by atomic mass is 32.1. The van der Waals surface area contributed by atoms with Crippen LogP contribution in [-0.2, 0) is 16.0 Å². The number of carbonyl (C=O) groups is 2. The zero-order valence-electron chi connectivity index (χ0n) is 17.1. The molecule has 1 atom stereocenters. The summed E-state index contributed by atoms with van der Waals surface area (Å²) >= 11 is 3.44. The smallest absolute Gasteiger partial charge is 0.243 e. The van der Waals surface area contributed by atoms with Crippen LogP contribution in [0, 0.1) is 0 Å². The van der Waals surface area contributed by atoms with Crippen LogP contribution in [0.3, 0.4) is 0 Å². The van der Waals surface area contributed by atoms with E-state index in [1.54, 1.807) is 22.7 Å². The molecule has 5 rings (SSSR count). The van der Waals surface area contributed by atoms with Crippen molar-refractivity contribution in [2.24, 2.45) is 5.10 Å². The fourth-order valence-electron chi connectivity index (χ4n) is 4.30. The van der Waals surface area contributed by atoms with Crippen LogP contribution >= 0.6 is 22.7 Å². The number of hydrazone groups is 1. The molecule has 0 saturated heterocycles. The molecule has 3 aromatic rings. The minimum absolute atomic E-state index is 0.0351. The van der Waals surface area contributed by atoms with Gasteiger partial charge in [0.05, 0.1) is 18.3 Å². The molecule has 158 valence electrons. The Labute approximate surface area is 189 Å². The minimum Gasteiger partial charge on any atom is -0.330 e. The molecule has 0 aliphatic carbocycles. The summed E-state index contributed by atoms with van der Waals surface area (Å²) in [4.78, 5) is 30.4. The third-order valence-corrected chi connectivity index (χ3v) is 7.77. The number of benzene rings is 1. The molecule has 4 heterocycles. The Bertz CT molecular complexity index is 1110. The van der Waals surface area contributed by atoms with Crippen molar-refractivity contribution < 1.29 is 9.59 Å². The van der Waals surface area contributed by atoms with Crippen LogP contribution in [-0.4, -0.2) is 40.5 Å². The van der Waals surface area contributed by atoms with Gasteiger partial charge in [-0.2, -0.15) is 5.10 Å². The van der Waals surface area contributed by atoms with E-state index in [0.717, 1.165) is 24.1 Å². The lowest BCUT2D eigenvalue weighted by Crippen LogP contribution is -2.40. The summed E-state index contributed by atoms with van der Waals surface area (Å²) in [5.41, 5.74) is 3.21. The average Bonchev–Trinajstić information content (AvgIpc) is 3.58. The Balaban J connectivity index is 1.25. The Hall–Kier alpha value is -2.77. The predicted molar refractivity (Wildman–Crippen MR) is 124 cm³/mol. The van der Waals surface area contributed by atoms with Crippen molar-refractivity contribution in [3.8, 4) is 0 Å². The topological polar surface area (TPSA) is 53.0 Å². The Morgan fingerprint density at radius 3 is 2.55 bits per heavy atom. The second-order valence-electron chi connectivity index (χ2n) is 7.73. The van der Waals surface area contributed by atoms with E-state index < -0.39 is 0 Å². The zero-order valence-corrected chi connectivity index (χ0v) is 18.7. The van der Waals surface area contributed by atoms with Crippen molar-refractivity contribution in [2.45, 2.75) is 31.7 Å². The van der Waals surface area contributed by atoms with Crippen molar-refractivity contribution in [1.29, 1.82) is 0 Å². The minimum atomic E-state index is -0.0832. The highest BCUT2D eigenvalue weighted by Gasteiger charge is 2.33. The highest BCUT2D eigenvalue weighted by Crippen LogP contribution is 2.39. The van der Waals surface area contributed by atoms with Gasteiger partial charge in [-0.15, -0.1) is 22.7 Å². The number of hydrogen-bond acceptors (Lipinski definition) is 5. The monoisotopic (exact) mass is 449 g/mol. The maximum Gasteiger partial charge on any atom is 0.243 e. The Morgan fingerprint density at radius 1 is 0.903 bits per heavy atom. The van der Waals surface area contributed by atoms with Crippen LogP contribution in [0.15, 0.2) is 64.4 Å². The van der Waals surface area contributed by atoms with Crippen molar-refractivity contribution in [1.82, 2.24) is 9.91 Å². The predicted octanol–water partition coefficient (Wildman–Crippen LogP) is 4.70. The number of fused-ring (bicyclic) bond motifs is 1. The maximum absolute atomic E-state index is 13.2. The standard InChI is InChI=1S/C24H23N3O2S2/c28-22(8-9-23(29)27-14-10-19(25-27)17-5-2-1-3-6-17)26-13-11-20-18(12-16-31-20)24(26)21-7-4-15-30-21/h1-7,12,15-16,24H,8-11,13-14H2. The van der Waals surface area contributed by atoms with Crippen LogP contribution in [0.1, 0.15) is 46.2 Å². The van der Waals surface area contributed by atoms with Gasteiger partial charge in [0.25, 0.3) is 0 Å². The molecule has 0 saturated carbocycles. The number of carbonyl (C=O) groups excluding carboxylic acids is 2. The first-order chi connectivity index (χ1) is 15.2. The number of hydrogen-bond donors (Lipinski definition) is 0. The number of thiophene rings is 2. The summed E-state index contributed by atoms with van der Waals surface area (Å²) in [6, 6.07) is 16.2. The first-order valence-corrected chi connectivity index (χ1v) is 12.3. The van der Waals surface area contributed by atoms with Crippen molar-refractivity contribution >= 4 is 40.2 Å². The third-order valence-electron chi connectivity index (χ3n) is 5.85. The summed E-state index contributed by atoms with van der Waals surface area (Å²) in [6.45, 7) is 1.28. The molecule has 0 N–H and O–H groups in total. The normalized spacial score (nSPS) is 18.1. The fourth-order valence-corrected chi connectivity index (χ4v) is 6.05. The van der Waals surface area contributed by atoms with E-state index in [1.165, 1.54) is 20.3 Å². The van der Waals surface area contributed by atoms with E-state index in [1.807, 2.05) is 41.3 Å². The van der Waals surface area contributed by atoms with Gasteiger partial charge in [-0.25, -0.2) is 5.01 Å². The molecular formula is C24H23N3O2S2. The molecule has 0 fully saturated rings. The summed E-state index contributed by atoms with van der Waals surface area (Å²) in [6.07, 6.45) is 2.03. The van der Waals surface area contributed by atoms with E-state index in [0.29, 0.717) is 13.1 Å². The van der Waals surface area contributed by atoms with Gasteiger partial charge < -0.3 is 4.90 Å². The lowest BCUT2D eigenvalue weighted by Gasteiger charge is -2.35. The number of nitrogens with zero attached hydrogens (tertiary/aromatic N) is 3. The van der Waals surface area contributed by atoms with Crippen LogP contribution < -0.4 is 0 Å². The molecule has 31 heavy (non-hydrogen) atoms. The molecule has 0 radical (unpaired) electrons. The summed E-state index contributed by atoms with van der Waals surface area (Å²) < 4.78 is 0. The van der Waals surface area contributed by atoms with Gasteiger partial charge in [-0.05, 0) is 40.4 Å². The lowest BCUT2D eigenvalue weighted by atomic mass is 9.98. The summed E-state index contributed by atoms with van der Waals surface area (Å²) in [5.74, 6) is -0.0461. The van der Waals surface area contributed by atoms with Gasteiger partial charge in [-0.3, -0.25) is 9.59 Å². The largest absolute Gasteiger partial charge is 0.330 e. The van der Waals surface area contributed by atoms with Crippen molar-refractivity contribution in [3.63, 3.8) is 0 Å². The van der Waals surface area contributed by atoms with Gasteiger partial charge in [0.1, 0.15) is 0 Å². The molecule has 2 amide bonds. The van der Waals surface area contributed by atoms with E-state index in [2.05, 4.69) is 28.0 Å². The molecule has 2 aromatic heterocycles. The van der Waals surface area contributed by atoms with Gasteiger partial charge >= 0.3 is 0 Å². The molecule has 0 spiro atoms. The zero-order chi connectivity index (χ0) is 21.2. The molecular weight excluding hydrogens is 426 g/mol. The SMILES string of the molecule is O=C(CCC(=O)N1CCc2sccc2C1c1cccs1)N1CCC(c2ccccc2)=N1. The van der Waals surface area contributed by atoms with Crippen LogP contribution in [0.4, 0.5) is 0 Å². The average molecular weight is 450 g/mol. The quantitative estimate of drug-likeness (QED) is 0.567. The first-order valence-electron chi connectivity index (χ1n) is 10.5. The third kappa shape index (κ3) is 4.07. The van der Waals surface area contributed by atoms with E-state index in [9.17, 15) is 9.59 Å². The molecule has 2 aliphatic rings. The van der Waals surface area contributed by atoms with Gasteiger partial charge in [0.15, 0.2) is 0 Å². The highest BCUT2D eigenvalue weighted by molar-refractivity contribution is 7.10. The Morgan fingerprint density at radius 2 is 1.74 bits per heavy atom. The second kappa shape index (κ2) is 8.77. The van der Waals surface area contributed by atoms with Crippen LogP contribution in [0.2, 0.25) is 0 Å². The fraction of sp³-hybridized carbons (Fsp3) is 0.292. The molecule has 2 aliphatic heterocycles. The maximum atomic E-state index is 13.2. The first kappa shape index (κ1) is 20.2. The molecule has 0 bridgehead atoms. The lowest BCUT2D eigenvalue weighted by molar-refractivity contribution is -0.138. The van der Waals surface area contributed by atoms with Crippen LogP contribution in [0.5, 0.6) is 0 Å². The summed E-state index contributed by atoms with van der Waals surface area (Å²) in [7, 11) is 0. The molecule has 1 aromatic carbocycles. The van der Waals surface area contributed by atoms with Gasteiger partial charge in [0, 0.05) is 35.6 Å². The van der Waals surface area contributed by atoms with Crippen LogP contribution in [0.25, 0.3) is 0 Å². The molecule has 1 unspecified atom stereocenters. The number of rotatable bonds is 5. The van der Waals surface area contributed by atoms with E-state index >= 15 is 0 Å². The van der Waals surface area contributed by atoms with E-state index in [-0.39, 0.29) is 30.7 Å². The summed E-state index contributed by atoms with van der Waals surface area (Å²) in [5, 5.41) is 10.2. The van der Waals surface area contributed by atoms with Crippen molar-refractivity contribution in [2.75, 3.05) is 13.1 Å². The van der Waals surface area contributed by atoms with Gasteiger partial charge in [0.2, 0.25) is 11.8 Å².